The second kappa shape index (κ2) is 4.09. The maximum atomic E-state index is 4.69. The third-order valence-corrected chi connectivity index (χ3v) is 0.408. The predicted molar refractivity (Wildman–Crippen MR) is 27.8 cm³/mol. The van der Waals surface area contributed by atoms with Crippen molar-refractivity contribution in [3.05, 3.63) is 0 Å². The van der Waals surface area contributed by atoms with E-state index in [1.165, 1.54) is 0 Å². The van der Waals surface area contributed by atoms with Crippen molar-refractivity contribution < 1.29 is 4.65 Å². The second-order valence-corrected chi connectivity index (χ2v) is 0.993. The summed E-state index contributed by atoms with van der Waals surface area (Å²) in [6, 6.07) is 0. The lowest BCUT2D eigenvalue weighted by molar-refractivity contribution is 0.376. The van der Waals surface area contributed by atoms with Gasteiger partial charge in [0.1, 0.15) is 7.85 Å². The molecule has 0 amide bonds. The molecule has 0 rings (SSSR count). The highest BCUT2D eigenvalue weighted by atomic mass is 16.4. The van der Waals surface area contributed by atoms with E-state index in [1.807, 2.05) is 0 Å². The summed E-state index contributed by atoms with van der Waals surface area (Å²) in [5.74, 6) is 0. The van der Waals surface area contributed by atoms with Gasteiger partial charge in [0.2, 0.25) is 0 Å². The van der Waals surface area contributed by atoms with Crippen LogP contribution in [0.25, 0.3) is 0 Å². The van der Waals surface area contributed by atoms with Crippen LogP contribution in [-0.2, 0) is 4.65 Å². The van der Waals surface area contributed by atoms with Crippen molar-refractivity contribution in [3.8, 4) is 0 Å². The minimum Gasteiger partial charge on any atom is -0.445 e. The van der Waals surface area contributed by atoms with E-state index in [4.69, 9.17) is 4.65 Å². The molecular weight excluding hydrogens is 61.6 g/mol. The topological polar surface area (TPSA) is 9.23 Å². The van der Waals surface area contributed by atoms with E-state index in [9.17, 15) is 0 Å². The van der Waals surface area contributed by atoms with E-state index in [-0.39, 0.29) is 0 Å². The monoisotopic (exact) mass is 70.1 g/mol. The molecule has 0 aliphatic carbocycles. The van der Waals surface area contributed by atoms with Crippen LogP contribution >= 0.6 is 0 Å². The van der Waals surface area contributed by atoms with Crippen molar-refractivity contribution in [2.24, 2.45) is 0 Å². The normalized spacial score (nSPS) is 8.00. The van der Waals surface area contributed by atoms with Crippen LogP contribution in [0, 0.1) is 0 Å². The smallest absolute Gasteiger partial charge is 0.257 e. The first kappa shape index (κ1) is 5.09. The second-order valence-electron chi connectivity index (χ2n) is 0.993. The van der Waals surface area contributed by atoms with E-state index in [0.717, 1.165) is 12.9 Å². The molecule has 0 spiro atoms. The van der Waals surface area contributed by atoms with E-state index >= 15 is 0 Å². The van der Waals surface area contributed by atoms with Gasteiger partial charge in [-0.25, -0.2) is 0 Å². The Morgan fingerprint density at radius 2 is 2.20 bits per heavy atom. The van der Waals surface area contributed by atoms with E-state index in [2.05, 4.69) is 7.85 Å². The highest BCUT2D eigenvalue weighted by molar-refractivity contribution is 6.08. The van der Waals surface area contributed by atoms with Crippen LogP contribution in [-0.4, -0.2) is 22.5 Å². The van der Waals surface area contributed by atoms with E-state index < -0.39 is 0 Å². The quantitative estimate of drug-likeness (QED) is 0.363. The maximum absolute atomic E-state index is 4.69. The molecule has 0 aromatic heterocycles. The summed E-state index contributed by atoms with van der Waals surface area (Å²) in [5, 5.41) is 0. The fourth-order valence-corrected chi connectivity index (χ4v) is 0.204. The molecule has 0 bridgehead atoms. The third kappa shape index (κ3) is 4.09. The van der Waals surface area contributed by atoms with Gasteiger partial charge in [0, 0.05) is 6.61 Å². The lowest BCUT2D eigenvalue weighted by Crippen LogP contribution is -1.84. The van der Waals surface area contributed by atoms with Gasteiger partial charge in [0.25, 0.3) is 8.05 Å². The van der Waals surface area contributed by atoms with Gasteiger partial charge in [0.15, 0.2) is 0 Å². The van der Waals surface area contributed by atoms with Gasteiger partial charge < -0.3 is 4.65 Å². The third-order valence-electron chi connectivity index (χ3n) is 0.408. The lowest BCUT2D eigenvalue weighted by Gasteiger charge is -1.84. The molecule has 0 N–H and O–H groups in total. The van der Waals surface area contributed by atoms with Crippen LogP contribution in [0.3, 0.4) is 0 Å². The largest absolute Gasteiger partial charge is 0.445 e. The van der Waals surface area contributed by atoms with Crippen LogP contribution in [0.2, 0.25) is 6.32 Å². The summed E-state index contributed by atoms with van der Waals surface area (Å²) in [6.45, 7) is 0.889. The average molecular weight is 69.7 g/mol. The molecule has 5 heavy (non-hydrogen) atoms. The number of rotatable bonds is 2. The zero-order valence-corrected chi connectivity index (χ0v) is 3.82. The first-order valence-corrected chi connectivity index (χ1v) is 1.90. The molecule has 0 fully saturated rings. The highest BCUT2D eigenvalue weighted by Crippen LogP contribution is 1.66. The maximum Gasteiger partial charge on any atom is 0.257 e. The van der Waals surface area contributed by atoms with Crippen molar-refractivity contribution in [1.82, 2.24) is 0 Å². The first-order chi connectivity index (χ1) is 2.41. The van der Waals surface area contributed by atoms with Crippen LogP contribution < -0.4 is 0 Å². The molecule has 0 unspecified atom stereocenters. The van der Waals surface area contributed by atoms with Crippen LogP contribution in [0.1, 0.15) is 0 Å². The molecule has 0 aromatic carbocycles. The van der Waals surface area contributed by atoms with Crippen molar-refractivity contribution in [2.75, 3.05) is 6.61 Å². The SMILES string of the molecule is BCCOB. The molecule has 3 heteroatoms. The molecule has 0 atom stereocenters. The van der Waals surface area contributed by atoms with Gasteiger partial charge in [-0.3, -0.25) is 0 Å². The Morgan fingerprint density at radius 3 is 2.20 bits per heavy atom. The minimum atomic E-state index is 0.889. The predicted octanol–water partition coefficient (Wildman–Crippen LogP) is -1.40. The fraction of sp³-hybridized carbons (Fsp3) is 1.00. The van der Waals surface area contributed by atoms with Crippen molar-refractivity contribution >= 4 is 15.9 Å². The fourth-order valence-electron chi connectivity index (χ4n) is 0.204. The van der Waals surface area contributed by atoms with Gasteiger partial charge in [0.05, 0.1) is 0 Å². The summed E-state index contributed by atoms with van der Waals surface area (Å²) >= 11 is 0. The zero-order valence-electron chi connectivity index (χ0n) is 3.82. The van der Waals surface area contributed by atoms with Crippen molar-refractivity contribution in [1.29, 1.82) is 0 Å². The van der Waals surface area contributed by atoms with E-state index in [1.54, 1.807) is 8.05 Å². The van der Waals surface area contributed by atoms with Crippen LogP contribution in [0.5, 0.6) is 0 Å². The standard InChI is InChI=1S/C2H8B2O/c3-1-2-5-4/h1-4H2. The highest BCUT2D eigenvalue weighted by Gasteiger charge is 1.66. The molecular formula is C2H8B2O. The Balaban J connectivity index is 2.19. The first-order valence-electron chi connectivity index (χ1n) is 1.90. The molecule has 0 heterocycles. The summed E-state index contributed by atoms with van der Waals surface area (Å²) in [4.78, 5) is 0. The molecule has 0 aromatic rings. The zero-order chi connectivity index (χ0) is 4.12. The van der Waals surface area contributed by atoms with Gasteiger partial charge >= 0.3 is 0 Å². The van der Waals surface area contributed by atoms with Gasteiger partial charge in [-0.2, -0.15) is 0 Å². The van der Waals surface area contributed by atoms with Crippen molar-refractivity contribution in [2.45, 2.75) is 6.32 Å². The Labute approximate surface area is 34.6 Å². The summed E-state index contributed by atoms with van der Waals surface area (Å²) in [5.41, 5.74) is 0. The van der Waals surface area contributed by atoms with Gasteiger partial charge in [-0.15, -0.1) is 0 Å². The van der Waals surface area contributed by atoms with Crippen molar-refractivity contribution in [3.63, 3.8) is 0 Å². The average Bonchev–Trinajstić information content (AvgIpc) is 1.41. The number of hydrogen-bond acceptors (Lipinski definition) is 1. The molecule has 0 aliphatic rings. The molecule has 0 aliphatic heterocycles. The number of hydrogen-bond donors (Lipinski definition) is 0. The Bertz CT molecular complexity index is 15.1. The molecule has 0 saturated carbocycles. The molecule has 0 saturated heterocycles. The van der Waals surface area contributed by atoms with Crippen LogP contribution in [0.4, 0.5) is 0 Å². The minimum absolute atomic E-state index is 0.889. The summed E-state index contributed by atoms with van der Waals surface area (Å²) in [6.07, 6.45) is 1.12. The van der Waals surface area contributed by atoms with E-state index in [0.29, 0.717) is 0 Å². The molecule has 0 radical (unpaired) electrons. The summed E-state index contributed by atoms with van der Waals surface area (Å²) < 4.78 is 4.69. The summed E-state index contributed by atoms with van der Waals surface area (Å²) in [7, 11) is 3.80. The Morgan fingerprint density at radius 1 is 1.60 bits per heavy atom. The Hall–Kier alpha value is 0.0899. The Kier molecular flexibility index (Phi) is 4.16. The molecule has 28 valence electrons. The van der Waals surface area contributed by atoms with Gasteiger partial charge in [-0.1, -0.05) is 6.32 Å². The lowest BCUT2D eigenvalue weighted by atomic mass is 10.1. The van der Waals surface area contributed by atoms with Gasteiger partial charge in [-0.05, 0) is 0 Å². The van der Waals surface area contributed by atoms with Crippen LogP contribution in [0.15, 0.2) is 0 Å². The molecule has 1 nitrogen and oxygen atoms in total.